The van der Waals surface area contributed by atoms with Crippen molar-refractivity contribution in [2.75, 3.05) is 13.1 Å². The average Bonchev–Trinajstić information content (AvgIpc) is 3.37. The van der Waals surface area contributed by atoms with Crippen molar-refractivity contribution in [1.29, 1.82) is 0 Å². The Morgan fingerprint density at radius 2 is 1.83 bits per heavy atom. The summed E-state index contributed by atoms with van der Waals surface area (Å²) < 4.78 is 2.34. The van der Waals surface area contributed by atoms with Crippen LogP contribution in [0.15, 0.2) is 18.2 Å². The number of likely N-dealkylation sites (tertiary alicyclic amines) is 1. The molecule has 1 aromatic carbocycles. The number of nitrogens with zero attached hydrogens (tertiary/aromatic N) is 4. The summed E-state index contributed by atoms with van der Waals surface area (Å²) in [6, 6.07) is 6.69. The molecule has 1 aliphatic heterocycles. The van der Waals surface area contributed by atoms with Crippen LogP contribution in [0.25, 0.3) is 0 Å². The predicted molar refractivity (Wildman–Crippen MR) is 138 cm³/mol. The Bertz CT molecular complexity index is 1100. The summed E-state index contributed by atoms with van der Waals surface area (Å²) in [5, 5.41) is 9.34. The molecular weight excluding hydrogens is 436 g/mol. The van der Waals surface area contributed by atoms with Gasteiger partial charge in [0.2, 0.25) is 5.91 Å². The lowest BCUT2D eigenvalue weighted by Crippen LogP contribution is -2.28. The standard InChI is InChI=1S/C29H42N4O2/c1-18(2)29(6,7)13-12-27-30-31-28(33(27)23-10-11-23)25-17-32(21(5)34)16-24(25)26(35)15-22-9-8-19(3)14-20(22)4/h8-9,14,18,23-25H,10-13,15-17H2,1-7H3/t24-,25-/m0/s1. The summed E-state index contributed by atoms with van der Waals surface area (Å²) in [7, 11) is 0. The van der Waals surface area contributed by atoms with E-state index < -0.39 is 0 Å². The maximum atomic E-state index is 13.6. The SMILES string of the molecule is CC(=O)N1C[C@H](C(=O)Cc2ccc(C)cc2C)[C@@H](c2nnc(CCC(C)(C)C(C)C)n2C2CC2)C1. The van der Waals surface area contributed by atoms with Gasteiger partial charge in [-0.2, -0.15) is 0 Å². The van der Waals surface area contributed by atoms with Crippen molar-refractivity contribution in [1.82, 2.24) is 19.7 Å². The number of carbonyl (C=O) groups is 2. The maximum absolute atomic E-state index is 13.6. The number of Topliss-reactive ketones (excluding diaryl/α,β-unsaturated/α-hetero) is 1. The van der Waals surface area contributed by atoms with Crippen LogP contribution in [-0.2, 0) is 22.4 Å². The molecule has 2 aliphatic rings. The molecule has 1 saturated carbocycles. The molecule has 2 heterocycles. The first kappa shape index (κ1) is 25.6. The lowest BCUT2D eigenvalue weighted by Gasteiger charge is -2.29. The Labute approximate surface area is 210 Å². The Kier molecular flexibility index (Phi) is 7.21. The van der Waals surface area contributed by atoms with E-state index in [4.69, 9.17) is 5.10 Å². The highest BCUT2D eigenvalue weighted by molar-refractivity contribution is 5.86. The summed E-state index contributed by atoms with van der Waals surface area (Å²) in [6.07, 6.45) is 4.60. The number of amides is 1. The Morgan fingerprint density at radius 1 is 1.11 bits per heavy atom. The normalized spacial score (nSPS) is 20.6. The van der Waals surface area contributed by atoms with Crippen LogP contribution in [0.1, 0.15) is 94.2 Å². The third-order valence-corrected chi connectivity index (χ3v) is 8.63. The molecule has 1 aromatic heterocycles. The number of aromatic nitrogens is 3. The molecular formula is C29H42N4O2. The largest absolute Gasteiger partial charge is 0.341 e. The fourth-order valence-corrected chi connectivity index (χ4v) is 5.23. The molecule has 0 unspecified atom stereocenters. The van der Waals surface area contributed by atoms with E-state index in [1.807, 2.05) is 4.90 Å². The Morgan fingerprint density at radius 3 is 2.43 bits per heavy atom. The summed E-state index contributed by atoms with van der Waals surface area (Å²) in [5.41, 5.74) is 3.64. The van der Waals surface area contributed by atoms with Gasteiger partial charge < -0.3 is 9.47 Å². The van der Waals surface area contributed by atoms with Gasteiger partial charge in [-0.1, -0.05) is 51.5 Å². The zero-order valence-corrected chi connectivity index (χ0v) is 22.6. The number of aryl methyl sites for hydroxylation is 3. The minimum Gasteiger partial charge on any atom is -0.341 e. The van der Waals surface area contributed by atoms with Crippen molar-refractivity contribution in [3.63, 3.8) is 0 Å². The monoisotopic (exact) mass is 478 g/mol. The average molecular weight is 479 g/mol. The molecule has 6 nitrogen and oxygen atoms in total. The van der Waals surface area contributed by atoms with Gasteiger partial charge in [-0.25, -0.2) is 0 Å². The van der Waals surface area contributed by atoms with Crippen molar-refractivity contribution in [2.24, 2.45) is 17.3 Å². The van der Waals surface area contributed by atoms with Crippen molar-refractivity contribution < 1.29 is 9.59 Å². The number of ketones is 1. The second kappa shape index (κ2) is 9.87. The molecule has 6 heteroatoms. The smallest absolute Gasteiger partial charge is 0.219 e. The van der Waals surface area contributed by atoms with Crippen molar-refractivity contribution in [3.05, 3.63) is 46.5 Å². The quantitative estimate of drug-likeness (QED) is 0.496. The third kappa shape index (κ3) is 5.52. The first-order valence-electron chi connectivity index (χ1n) is 13.3. The van der Waals surface area contributed by atoms with Gasteiger partial charge in [0.15, 0.2) is 0 Å². The van der Waals surface area contributed by atoms with E-state index in [1.165, 1.54) is 5.56 Å². The fourth-order valence-electron chi connectivity index (χ4n) is 5.23. The summed E-state index contributed by atoms with van der Waals surface area (Å²) >= 11 is 0. The molecule has 2 aromatic rings. The second-order valence-electron chi connectivity index (χ2n) is 11.9. The van der Waals surface area contributed by atoms with Gasteiger partial charge in [0.25, 0.3) is 0 Å². The molecule has 0 N–H and O–H groups in total. The fraction of sp³-hybridized carbons (Fsp3) is 0.655. The topological polar surface area (TPSA) is 68.1 Å². The number of carbonyl (C=O) groups excluding carboxylic acids is 2. The zero-order chi connectivity index (χ0) is 25.5. The van der Waals surface area contributed by atoms with Crippen LogP contribution in [-0.4, -0.2) is 44.4 Å². The summed E-state index contributed by atoms with van der Waals surface area (Å²) in [5.74, 6) is 2.40. The zero-order valence-electron chi connectivity index (χ0n) is 22.6. The van der Waals surface area contributed by atoms with Gasteiger partial charge in [0.05, 0.1) is 0 Å². The molecule has 190 valence electrons. The Hall–Kier alpha value is -2.50. The van der Waals surface area contributed by atoms with Crippen LogP contribution in [0, 0.1) is 31.1 Å². The van der Waals surface area contributed by atoms with Crippen LogP contribution >= 0.6 is 0 Å². The maximum Gasteiger partial charge on any atom is 0.219 e. The lowest BCUT2D eigenvalue weighted by atomic mass is 9.77. The molecule has 2 fully saturated rings. The van der Waals surface area contributed by atoms with E-state index in [1.54, 1.807) is 6.92 Å². The van der Waals surface area contributed by atoms with Gasteiger partial charge in [0, 0.05) is 50.7 Å². The highest BCUT2D eigenvalue weighted by Crippen LogP contribution is 2.42. The van der Waals surface area contributed by atoms with Crippen LogP contribution in [0.3, 0.4) is 0 Å². The molecule has 1 amide bonds. The molecule has 0 bridgehead atoms. The van der Waals surface area contributed by atoms with Crippen molar-refractivity contribution in [2.45, 2.75) is 92.5 Å². The van der Waals surface area contributed by atoms with Crippen molar-refractivity contribution in [3.8, 4) is 0 Å². The van der Waals surface area contributed by atoms with Crippen LogP contribution < -0.4 is 0 Å². The van der Waals surface area contributed by atoms with Crippen LogP contribution in [0.5, 0.6) is 0 Å². The lowest BCUT2D eigenvalue weighted by molar-refractivity contribution is -0.128. The number of rotatable bonds is 9. The minimum atomic E-state index is -0.249. The van der Waals surface area contributed by atoms with Crippen molar-refractivity contribution >= 4 is 11.7 Å². The van der Waals surface area contributed by atoms with E-state index >= 15 is 0 Å². The second-order valence-corrected chi connectivity index (χ2v) is 11.9. The first-order chi connectivity index (χ1) is 16.5. The Balaban J connectivity index is 1.61. The van der Waals surface area contributed by atoms with Gasteiger partial charge >= 0.3 is 0 Å². The number of benzene rings is 1. The van der Waals surface area contributed by atoms with Crippen LogP contribution in [0.4, 0.5) is 0 Å². The van der Waals surface area contributed by atoms with Gasteiger partial charge in [-0.15, -0.1) is 10.2 Å². The molecule has 35 heavy (non-hydrogen) atoms. The molecule has 0 spiro atoms. The molecule has 4 rings (SSSR count). The van der Waals surface area contributed by atoms with Gasteiger partial charge in [-0.05, 0) is 55.6 Å². The molecule has 1 saturated heterocycles. The summed E-state index contributed by atoms with van der Waals surface area (Å²) in [6.45, 7) is 15.9. The van der Waals surface area contributed by atoms with E-state index in [0.717, 1.165) is 48.5 Å². The van der Waals surface area contributed by atoms with Gasteiger partial charge in [0.1, 0.15) is 17.4 Å². The van der Waals surface area contributed by atoms with E-state index in [2.05, 4.69) is 69.4 Å². The molecule has 2 atom stereocenters. The van der Waals surface area contributed by atoms with E-state index in [0.29, 0.717) is 31.5 Å². The van der Waals surface area contributed by atoms with E-state index in [9.17, 15) is 9.59 Å². The summed E-state index contributed by atoms with van der Waals surface area (Å²) in [4.78, 5) is 27.8. The first-order valence-corrected chi connectivity index (χ1v) is 13.3. The molecule has 0 radical (unpaired) electrons. The third-order valence-electron chi connectivity index (χ3n) is 8.63. The molecule has 1 aliphatic carbocycles. The minimum absolute atomic E-state index is 0.0215. The van der Waals surface area contributed by atoms with E-state index in [-0.39, 0.29) is 28.9 Å². The number of hydrogen-bond acceptors (Lipinski definition) is 4. The predicted octanol–water partition coefficient (Wildman–Crippen LogP) is 5.22. The highest BCUT2D eigenvalue weighted by Gasteiger charge is 2.44. The van der Waals surface area contributed by atoms with Gasteiger partial charge in [-0.3, -0.25) is 9.59 Å². The van der Waals surface area contributed by atoms with Crippen LogP contribution in [0.2, 0.25) is 0 Å². The number of hydrogen-bond donors (Lipinski definition) is 0. The highest BCUT2D eigenvalue weighted by atomic mass is 16.2.